The fraction of sp³-hybridized carbons (Fsp3) is 0. The van der Waals surface area contributed by atoms with E-state index in [2.05, 4.69) is 21.2 Å². The molecular formula is C16H12Cl2N4O2S. The number of carbonyl (C=O) groups is 2. The zero-order valence-corrected chi connectivity index (χ0v) is 15.0. The van der Waals surface area contributed by atoms with Gasteiger partial charge in [-0.15, -0.1) is 0 Å². The largest absolute Gasteiger partial charge is 0.298 e. The van der Waals surface area contributed by atoms with Gasteiger partial charge in [-0.05, 0) is 48.1 Å². The normalized spacial score (nSPS) is 10.3. The van der Waals surface area contributed by atoms with Gasteiger partial charge < -0.3 is 0 Å². The third kappa shape index (κ3) is 6.15. The summed E-state index contributed by atoms with van der Waals surface area (Å²) < 4.78 is 0. The standard InChI is InChI=1S/C16H12Cl2N4O2S/c17-12-3-1-10(13(18)9-12)2-4-14(23)20-16(25)22-21-15(24)11-5-7-19-8-6-11/h1-9H,(H,21,24)(H2,20,22,23,25). The Hall–Kier alpha value is -2.48. The van der Waals surface area contributed by atoms with E-state index in [0.717, 1.165) is 0 Å². The molecule has 0 aliphatic rings. The summed E-state index contributed by atoms with van der Waals surface area (Å²) in [6.45, 7) is 0. The van der Waals surface area contributed by atoms with Crippen LogP contribution < -0.4 is 16.2 Å². The van der Waals surface area contributed by atoms with Crippen molar-refractivity contribution in [2.75, 3.05) is 0 Å². The van der Waals surface area contributed by atoms with Crippen LogP contribution in [0.4, 0.5) is 0 Å². The highest BCUT2D eigenvalue weighted by molar-refractivity contribution is 7.80. The summed E-state index contributed by atoms with van der Waals surface area (Å²) in [7, 11) is 0. The second-order valence-electron chi connectivity index (χ2n) is 4.63. The number of amides is 2. The highest BCUT2D eigenvalue weighted by Gasteiger charge is 2.06. The molecule has 2 amide bonds. The molecule has 9 heteroatoms. The van der Waals surface area contributed by atoms with Crippen molar-refractivity contribution in [3.8, 4) is 0 Å². The number of pyridine rings is 1. The number of aromatic nitrogens is 1. The lowest BCUT2D eigenvalue weighted by Crippen LogP contribution is -2.48. The summed E-state index contributed by atoms with van der Waals surface area (Å²) in [4.78, 5) is 27.4. The Labute approximate surface area is 159 Å². The molecular weight excluding hydrogens is 383 g/mol. The van der Waals surface area contributed by atoms with Crippen LogP contribution >= 0.6 is 35.4 Å². The summed E-state index contributed by atoms with van der Waals surface area (Å²) in [6, 6.07) is 7.99. The fourth-order valence-corrected chi connectivity index (χ4v) is 2.30. The number of hydrazine groups is 1. The van der Waals surface area contributed by atoms with Gasteiger partial charge in [-0.1, -0.05) is 29.3 Å². The minimum Gasteiger partial charge on any atom is -0.298 e. The molecule has 0 spiro atoms. The van der Waals surface area contributed by atoms with Gasteiger partial charge in [0.2, 0.25) is 5.91 Å². The Balaban J connectivity index is 1.83. The predicted molar refractivity (Wildman–Crippen MR) is 101 cm³/mol. The van der Waals surface area contributed by atoms with Gasteiger partial charge in [0.05, 0.1) is 0 Å². The third-order valence-electron chi connectivity index (χ3n) is 2.85. The lowest BCUT2D eigenvalue weighted by Gasteiger charge is -2.09. The Bertz CT molecular complexity index is 828. The van der Waals surface area contributed by atoms with Gasteiger partial charge in [-0.2, -0.15) is 0 Å². The molecule has 1 aromatic heterocycles. The molecule has 2 rings (SSSR count). The molecule has 25 heavy (non-hydrogen) atoms. The molecule has 0 radical (unpaired) electrons. The predicted octanol–water partition coefficient (Wildman–Crippen LogP) is 2.74. The van der Waals surface area contributed by atoms with Crippen molar-refractivity contribution in [2.24, 2.45) is 0 Å². The quantitative estimate of drug-likeness (QED) is 0.423. The Morgan fingerprint density at radius 2 is 1.80 bits per heavy atom. The molecule has 6 nitrogen and oxygen atoms in total. The minimum atomic E-state index is -0.485. The van der Waals surface area contributed by atoms with Crippen LogP contribution in [-0.4, -0.2) is 21.9 Å². The van der Waals surface area contributed by atoms with Crippen LogP contribution in [0, 0.1) is 0 Å². The van der Waals surface area contributed by atoms with Crippen molar-refractivity contribution >= 4 is 58.4 Å². The van der Waals surface area contributed by atoms with Crippen LogP contribution in [0.3, 0.4) is 0 Å². The molecule has 0 saturated carbocycles. The molecule has 128 valence electrons. The molecule has 0 bridgehead atoms. The number of hydrogen-bond acceptors (Lipinski definition) is 4. The fourth-order valence-electron chi connectivity index (χ4n) is 1.68. The SMILES string of the molecule is O=C(C=Cc1ccc(Cl)cc1Cl)NC(=S)NNC(=O)c1ccncc1. The Kier molecular flexibility index (Phi) is 6.88. The van der Waals surface area contributed by atoms with Gasteiger partial charge in [0.15, 0.2) is 5.11 Å². The zero-order chi connectivity index (χ0) is 18.2. The first-order chi connectivity index (χ1) is 12.0. The summed E-state index contributed by atoms with van der Waals surface area (Å²) in [6.07, 6.45) is 5.75. The van der Waals surface area contributed by atoms with Crippen molar-refractivity contribution in [3.05, 3.63) is 70.0 Å². The molecule has 1 heterocycles. The van der Waals surface area contributed by atoms with Crippen molar-refractivity contribution in [1.82, 2.24) is 21.2 Å². The second kappa shape index (κ2) is 9.12. The third-order valence-corrected chi connectivity index (χ3v) is 3.61. The molecule has 3 N–H and O–H groups in total. The Morgan fingerprint density at radius 1 is 1.08 bits per heavy atom. The maximum atomic E-state index is 11.8. The highest BCUT2D eigenvalue weighted by atomic mass is 35.5. The highest BCUT2D eigenvalue weighted by Crippen LogP contribution is 2.21. The van der Waals surface area contributed by atoms with Gasteiger partial charge in [0.25, 0.3) is 5.91 Å². The average molecular weight is 395 g/mol. The minimum absolute atomic E-state index is 0.0562. The van der Waals surface area contributed by atoms with Gasteiger partial charge in [0.1, 0.15) is 0 Å². The number of hydrogen-bond donors (Lipinski definition) is 3. The van der Waals surface area contributed by atoms with Gasteiger partial charge >= 0.3 is 0 Å². The van der Waals surface area contributed by atoms with Crippen LogP contribution in [0.5, 0.6) is 0 Å². The van der Waals surface area contributed by atoms with Crippen molar-refractivity contribution in [3.63, 3.8) is 0 Å². The van der Waals surface area contributed by atoms with Crippen LogP contribution in [0.2, 0.25) is 10.0 Å². The summed E-state index contributed by atoms with van der Waals surface area (Å²) in [5, 5.41) is 3.25. The van der Waals surface area contributed by atoms with E-state index in [1.165, 1.54) is 36.7 Å². The maximum Gasteiger partial charge on any atom is 0.269 e. The van der Waals surface area contributed by atoms with E-state index in [-0.39, 0.29) is 5.11 Å². The number of nitrogens with one attached hydrogen (secondary N) is 3. The zero-order valence-electron chi connectivity index (χ0n) is 12.6. The smallest absolute Gasteiger partial charge is 0.269 e. The van der Waals surface area contributed by atoms with E-state index in [4.69, 9.17) is 35.4 Å². The number of benzene rings is 1. The van der Waals surface area contributed by atoms with Crippen LogP contribution in [0.1, 0.15) is 15.9 Å². The molecule has 1 aromatic carbocycles. The van der Waals surface area contributed by atoms with E-state index >= 15 is 0 Å². The Morgan fingerprint density at radius 3 is 2.48 bits per heavy atom. The average Bonchev–Trinajstić information content (AvgIpc) is 2.59. The monoisotopic (exact) mass is 394 g/mol. The maximum absolute atomic E-state index is 11.8. The first kappa shape index (κ1) is 18.9. The number of halogens is 2. The van der Waals surface area contributed by atoms with E-state index in [9.17, 15) is 9.59 Å². The van der Waals surface area contributed by atoms with Crippen LogP contribution in [-0.2, 0) is 4.79 Å². The summed E-state index contributed by atoms with van der Waals surface area (Å²) in [5.41, 5.74) is 5.82. The lowest BCUT2D eigenvalue weighted by atomic mass is 10.2. The number of carbonyl (C=O) groups excluding carboxylic acids is 2. The lowest BCUT2D eigenvalue weighted by molar-refractivity contribution is -0.115. The van der Waals surface area contributed by atoms with Gasteiger partial charge in [-0.25, -0.2) is 0 Å². The van der Waals surface area contributed by atoms with E-state index in [0.29, 0.717) is 21.2 Å². The van der Waals surface area contributed by atoms with Crippen molar-refractivity contribution < 1.29 is 9.59 Å². The molecule has 0 saturated heterocycles. The molecule has 2 aromatic rings. The van der Waals surface area contributed by atoms with Gasteiger partial charge in [0, 0.05) is 34.1 Å². The molecule has 0 aliphatic carbocycles. The number of rotatable bonds is 3. The van der Waals surface area contributed by atoms with E-state index < -0.39 is 11.8 Å². The molecule has 0 atom stereocenters. The van der Waals surface area contributed by atoms with Crippen LogP contribution in [0.15, 0.2) is 48.8 Å². The number of nitrogens with zero attached hydrogens (tertiary/aromatic N) is 1. The molecule has 0 unspecified atom stereocenters. The van der Waals surface area contributed by atoms with Crippen LogP contribution in [0.25, 0.3) is 6.08 Å². The van der Waals surface area contributed by atoms with Crippen molar-refractivity contribution in [2.45, 2.75) is 0 Å². The molecule has 0 aliphatic heterocycles. The topological polar surface area (TPSA) is 83.1 Å². The van der Waals surface area contributed by atoms with Gasteiger partial charge in [-0.3, -0.25) is 30.7 Å². The van der Waals surface area contributed by atoms with E-state index in [1.807, 2.05) is 0 Å². The first-order valence-electron chi connectivity index (χ1n) is 6.90. The second-order valence-corrected chi connectivity index (χ2v) is 5.88. The molecule has 0 fully saturated rings. The van der Waals surface area contributed by atoms with Crippen molar-refractivity contribution in [1.29, 1.82) is 0 Å². The summed E-state index contributed by atoms with van der Waals surface area (Å²) >= 11 is 16.7. The van der Waals surface area contributed by atoms with E-state index in [1.54, 1.807) is 18.2 Å². The summed E-state index contributed by atoms with van der Waals surface area (Å²) in [5.74, 6) is -0.899. The number of thiocarbonyl (C=S) groups is 1. The first-order valence-corrected chi connectivity index (χ1v) is 8.06.